The molecule has 0 atom stereocenters. The number of hydrogen-bond acceptors (Lipinski definition) is 3. The lowest BCUT2D eigenvalue weighted by Gasteiger charge is -2.33. The second-order valence-electron chi connectivity index (χ2n) is 17.7. The Hall–Kier alpha value is -8.92. The normalized spacial score (nSPS) is 13.7. The summed E-state index contributed by atoms with van der Waals surface area (Å²) in [7, 11) is 0. The quantitative estimate of drug-likeness (QED) is 0.135. The van der Waals surface area contributed by atoms with Crippen molar-refractivity contribution in [3.05, 3.63) is 301 Å². The van der Waals surface area contributed by atoms with Gasteiger partial charge < -0.3 is 14.7 Å². The van der Waals surface area contributed by atoms with E-state index in [0.29, 0.717) is 0 Å². The van der Waals surface area contributed by atoms with E-state index in [0.717, 1.165) is 62.3 Å². The number of fused-ring (bicyclic) bond motifs is 8. The minimum atomic E-state index is -0.567. The summed E-state index contributed by atoms with van der Waals surface area (Å²) < 4.78 is 0. The van der Waals surface area contributed by atoms with Crippen LogP contribution < -0.4 is 14.7 Å². The average molecular weight is 884 g/mol. The number of nitrogens with zero attached hydrogens (tertiary/aromatic N) is 3. The van der Waals surface area contributed by atoms with Crippen molar-refractivity contribution in [1.82, 2.24) is 0 Å². The Morgan fingerprint density at radius 1 is 0.362 bits per heavy atom. The fourth-order valence-electron chi connectivity index (χ4n) is 11.0. The van der Waals surface area contributed by atoms with Crippen LogP contribution in [-0.4, -0.2) is 0 Å². The van der Waals surface area contributed by atoms with Crippen LogP contribution in [0.1, 0.15) is 29.2 Å². The number of benzene rings is 10. The van der Waals surface area contributed by atoms with Gasteiger partial charge in [0.2, 0.25) is 0 Å². The van der Waals surface area contributed by atoms with Gasteiger partial charge >= 0.3 is 0 Å². The monoisotopic (exact) mass is 883 g/mol. The number of hydrogen-bond donors (Lipinski definition) is 0. The summed E-state index contributed by atoms with van der Waals surface area (Å²) in [6.07, 6.45) is 6.59. The third-order valence-corrected chi connectivity index (χ3v) is 13.9. The highest BCUT2D eigenvalue weighted by Gasteiger charge is 2.53. The van der Waals surface area contributed by atoms with Gasteiger partial charge in [-0.1, -0.05) is 183 Å². The molecular formula is C66H49N3. The maximum Gasteiger partial charge on any atom is 0.0726 e. The van der Waals surface area contributed by atoms with Crippen LogP contribution in [0.25, 0.3) is 27.5 Å². The Morgan fingerprint density at radius 3 is 1.33 bits per heavy atom. The SMILES string of the molecule is C=C1/C(=C\C=C/C)C2(c3ccccc3-c3ccccc32)c2cccc(N(c3cccc(N(c4ccccc4)c4ccccc4)c3)c3cccc(N(c4ccccc4)c4ccc5ccccc5c4)c3)c21. The minimum absolute atomic E-state index is 0.567. The van der Waals surface area contributed by atoms with Gasteiger partial charge in [-0.3, -0.25) is 0 Å². The van der Waals surface area contributed by atoms with Crippen molar-refractivity contribution in [3.8, 4) is 11.1 Å². The summed E-state index contributed by atoms with van der Waals surface area (Å²) in [4.78, 5) is 7.15. The zero-order valence-electron chi connectivity index (χ0n) is 38.5. The average Bonchev–Trinajstić information content (AvgIpc) is 3.85. The summed E-state index contributed by atoms with van der Waals surface area (Å²) in [6, 6.07) is 90.0. The van der Waals surface area contributed by atoms with Crippen LogP contribution in [0.15, 0.2) is 279 Å². The fourth-order valence-corrected chi connectivity index (χ4v) is 11.0. The molecule has 328 valence electrons. The van der Waals surface area contributed by atoms with Gasteiger partial charge in [0.15, 0.2) is 0 Å². The van der Waals surface area contributed by atoms with Gasteiger partial charge in [-0.25, -0.2) is 0 Å². The fraction of sp³-hybridized carbons (Fsp3) is 0.0303. The van der Waals surface area contributed by atoms with Crippen LogP contribution in [0.2, 0.25) is 0 Å². The van der Waals surface area contributed by atoms with Crippen LogP contribution in [0.3, 0.4) is 0 Å². The Bertz CT molecular complexity index is 3520. The first-order chi connectivity index (χ1) is 34.1. The molecule has 3 heteroatoms. The lowest BCUT2D eigenvalue weighted by atomic mass is 9.70. The van der Waals surface area contributed by atoms with Gasteiger partial charge in [0.25, 0.3) is 0 Å². The largest absolute Gasteiger partial charge is 0.310 e. The van der Waals surface area contributed by atoms with Crippen LogP contribution in [0.4, 0.5) is 51.2 Å². The zero-order valence-corrected chi connectivity index (χ0v) is 38.5. The van der Waals surface area contributed by atoms with Crippen LogP contribution in [0, 0.1) is 0 Å². The van der Waals surface area contributed by atoms with Gasteiger partial charge in [0, 0.05) is 51.1 Å². The molecule has 0 amide bonds. The van der Waals surface area contributed by atoms with Crippen LogP contribution >= 0.6 is 0 Å². The second kappa shape index (κ2) is 17.4. The van der Waals surface area contributed by atoms with Crippen LogP contribution in [0.5, 0.6) is 0 Å². The third kappa shape index (κ3) is 6.90. The standard InChI is InChI=1S/C66H49N3/c1-3-4-37-60-47(2)65-63(66(60)61-38-18-16-35-58(61)59-36-17-19-39-62(59)66)40-22-41-64(65)69(55-33-20-31-53(45-55)67(50-25-8-5-9-26-50)51-27-10-6-11-28-51)56-34-21-32-54(46-56)68(52-29-12-7-13-30-52)57-43-42-48-23-14-15-24-49(48)44-57/h3-46H,2H2,1H3/b4-3-,60-37+. The molecule has 0 fully saturated rings. The Morgan fingerprint density at radius 2 is 0.783 bits per heavy atom. The molecule has 0 heterocycles. The maximum atomic E-state index is 5.05. The zero-order chi connectivity index (χ0) is 46.3. The molecule has 0 N–H and O–H groups in total. The molecule has 12 rings (SSSR count). The molecule has 0 radical (unpaired) electrons. The number of rotatable bonds is 10. The summed E-state index contributed by atoms with van der Waals surface area (Å²) in [5.74, 6) is 0. The van der Waals surface area contributed by atoms with Gasteiger partial charge in [-0.2, -0.15) is 0 Å². The van der Waals surface area contributed by atoms with Crippen LogP contribution in [-0.2, 0) is 5.41 Å². The molecule has 0 saturated heterocycles. The molecule has 2 aliphatic carbocycles. The molecule has 0 saturated carbocycles. The predicted octanol–water partition coefficient (Wildman–Crippen LogP) is 18.1. The Balaban J connectivity index is 1.12. The van der Waals surface area contributed by atoms with E-state index in [4.69, 9.17) is 6.58 Å². The van der Waals surface area contributed by atoms with E-state index in [-0.39, 0.29) is 0 Å². The summed E-state index contributed by atoms with van der Waals surface area (Å²) in [5.41, 5.74) is 18.6. The van der Waals surface area contributed by atoms with Crippen molar-refractivity contribution in [2.45, 2.75) is 12.3 Å². The highest BCUT2D eigenvalue weighted by atomic mass is 15.2. The smallest absolute Gasteiger partial charge is 0.0726 e. The topological polar surface area (TPSA) is 9.72 Å². The first-order valence-corrected chi connectivity index (χ1v) is 23.7. The lowest BCUT2D eigenvalue weighted by Crippen LogP contribution is -2.26. The van der Waals surface area contributed by atoms with Crippen molar-refractivity contribution in [3.63, 3.8) is 0 Å². The van der Waals surface area contributed by atoms with E-state index in [9.17, 15) is 0 Å². The predicted molar refractivity (Wildman–Crippen MR) is 292 cm³/mol. The minimum Gasteiger partial charge on any atom is -0.310 e. The summed E-state index contributed by atoms with van der Waals surface area (Å²) >= 11 is 0. The first kappa shape index (κ1) is 41.5. The van der Waals surface area contributed by atoms with Crippen molar-refractivity contribution in [2.75, 3.05) is 14.7 Å². The molecule has 1 spiro atoms. The molecule has 0 unspecified atom stereocenters. The number of para-hydroxylation sites is 3. The maximum absolute atomic E-state index is 5.05. The second-order valence-corrected chi connectivity index (χ2v) is 17.7. The number of anilines is 9. The van der Waals surface area contributed by atoms with Gasteiger partial charge in [-0.05, 0) is 148 Å². The van der Waals surface area contributed by atoms with Crippen molar-refractivity contribution < 1.29 is 0 Å². The Kier molecular flexibility index (Phi) is 10.5. The van der Waals surface area contributed by atoms with E-state index in [1.54, 1.807) is 0 Å². The lowest BCUT2D eigenvalue weighted by molar-refractivity contribution is 0.794. The van der Waals surface area contributed by atoms with Gasteiger partial charge in [0.05, 0.1) is 11.1 Å². The van der Waals surface area contributed by atoms with E-state index in [1.807, 2.05) is 0 Å². The highest BCUT2D eigenvalue weighted by molar-refractivity contribution is 6.04. The van der Waals surface area contributed by atoms with Gasteiger partial charge in [0.1, 0.15) is 0 Å². The Labute approximate surface area is 405 Å². The molecule has 0 aliphatic heterocycles. The van der Waals surface area contributed by atoms with E-state index in [2.05, 4.69) is 289 Å². The van der Waals surface area contributed by atoms with E-state index < -0.39 is 5.41 Å². The number of allylic oxidation sites excluding steroid dienone is 5. The molecule has 3 nitrogen and oxygen atoms in total. The molecule has 0 bridgehead atoms. The molecular weight excluding hydrogens is 835 g/mol. The summed E-state index contributed by atoms with van der Waals surface area (Å²) in [6.45, 7) is 7.14. The molecule has 2 aliphatic rings. The van der Waals surface area contributed by atoms with Crippen molar-refractivity contribution in [1.29, 1.82) is 0 Å². The van der Waals surface area contributed by atoms with Crippen molar-refractivity contribution in [2.24, 2.45) is 0 Å². The third-order valence-electron chi connectivity index (χ3n) is 13.9. The highest BCUT2D eigenvalue weighted by Crippen LogP contribution is 2.65. The first-order valence-electron chi connectivity index (χ1n) is 23.7. The van der Waals surface area contributed by atoms with E-state index in [1.165, 1.54) is 44.2 Å². The molecule has 10 aromatic carbocycles. The molecule has 10 aromatic rings. The molecule has 0 aromatic heterocycles. The van der Waals surface area contributed by atoms with E-state index >= 15 is 0 Å². The molecule has 69 heavy (non-hydrogen) atoms. The van der Waals surface area contributed by atoms with Gasteiger partial charge in [-0.15, -0.1) is 0 Å². The van der Waals surface area contributed by atoms with Crippen molar-refractivity contribution >= 4 is 67.5 Å². The summed E-state index contributed by atoms with van der Waals surface area (Å²) in [5, 5.41) is 2.40.